The van der Waals surface area contributed by atoms with Crippen molar-refractivity contribution in [1.29, 1.82) is 0 Å². The van der Waals surface area contributed by atoms with Crippen molar-refractivity contribution in [2.75, 3.05) is 26.4 Å². The van der Waals surface area contributed by atoms with Crippen molar-refractivity contribution in [2.45, 2.75) is 26.4 Å². The number of esters is 1. The van der Waals surface area contributed by atoms with Crippen molar-refractivity contribution < 1.29 is 9.53 Å². The summed E-state index contributed by atoms with van der Waals surface area (Å²) in [5, 5.41) is 0. The van der Waals surface area contributed by atoms with Gasteiger partial charge in [-0.1, -0.05) is 0 Å². The first-order valence-electron chi connectivity index (χ1n) is 5.56. The van der Waals surface area contributed by atoms with Crippen LogP contribution >= 0.6 is 0 Å². The molecular formula is C11H20N4O2. The quantitative estimate of drug-likeness (QED) is 0.763. The minimum Gasteiger partial charge on any atom is -0.464 e. The van der Waals surface area contributed by atoms with Crippen LogP contribution in [0.3, 0.4) is 0 Å². The molecule has 1 rings (SSSR count). The van der Waals surface area contributed by atoms with Gasteiger partial charge in [0.1, 0.15) is 5.82 Å². The topological polar surface area (TPSA) is 73.4 Å². The van der Waals surface area contributed by atoms with E-state index in [0.29, 0.717) is 18.4 Å². The number of carbonyl (C=O) groups is 1. The Morgan fingerprint density at radius 3 is 2.82 bits per heavy atom. The highest BCUT2D eigenvalue weighted by Crippen LogP contribution is 2.11. The molecule has 1 heterocycles. The Morgan fingerprint density at radius 1 is 1.65 bits per heavy atom. The molecule has 2 N–H and O–H groups in total. The summed E-state index contributed by atoms with van der Waals surface area (Å²) in [6.07, 6.45) is 1.57. The summed E-state index contributed by atoms with van der Waals surface area (Å²) in [6.45, 7) is 5.79. The van der Waals surface area contributed by atoms with Crippen LogP contribution in [0.5, 0.6) is 0 Å². The standard InChI is InChI=1S/C11H20N4O2/c1-8(2)14(3)5-6-15-7-13-9(10(15)12)11(16)17-4/h7-8H,5-6,12H2,1-4H3. The number of nitrogens with two attached hydrogens (primary N) is 1. The fourth-order valence-electron chi connectivity index (χ4n) is 1.35. The molecular weight excluding hydrogens is 220 g/mol. The predicted molar refractivity (Wildman–Crippen MR) is 65.7 cm³/mol. The number of nitrogens with zero attached hydrogens (tertiary/aromatic N) is 3. The largest absolute Gasteiger partial charge is 0.464 e. The molecule has 0 unspecified atom stereocenters. The number of imidazole rings is 1. The zero-order chi connectivity index (χ0) is 13.0. The van der Waals surface area contributed by atoms with Crippen molar-refractivity contribution in [1.82, 2.24) is 14.5 Å². The number of hydrogen-bond donors (Lipinski definition) is 1. The zero-order valence-corrected chi connectivity index (χ0v) is 10.8. The Kier molecular flexibility index (Phi) is 4.51. The van der Waals surface area contributed by atoms with Crippen molar-refractivity contribution >= 4 is 11.8 Å². The van der Waals surface area contributed by atoms with Gasteiger partial charge in [-0.2, -0.15) is 0 Å². The number of nitrogen functional groups attached to an aromatic ring is 1. The number of likely N-dealkylation sites (N-methyl/N-ethyl adjacent to an activating group) is 1. The lowest BCUT2D eigenvalue weighted by atomic mass is 10.3. The van der Waals surface area contributed by atoms with E-state index in [1.165, 1.54) is 7.11 Å². The van der Waals surface area contributed by atoms with Gasteiger partial charge in [-0.25, -0.2) is 9.78 Å². The van der Waals surface area contributed by atoms with Crippen LogP contribution in [-0.2, 0) is 11.3 Å². The number of methoxy groups -OCH3 is 1. The smallest absolute Gasteiger partial charge is 0.360 e. The second-order valence-corrected chi connectivity index (χ2v) is 4.24. The fourth-order valence-corrected chi connectivity index (χ4v) is 1.35. The minimum atomic E-state index is -0.501. The summed E-state index contributed by atoms with van der Waals surface area (Å²) in [5.41, 5.74) is 6.00. The van der Waals surface area contributed by atoms with Gasteiger partial charge in [-0.15, -0.1) is 0 Å². The first kappa shape index (κ1) is 13.5. The van der Waals surface area contributed by atoms with Gasteiger partial charge in [0.2, 0.25) is 0 Å². The van der Waals surface area contributed by atoms with Crippen LogP contribution in [0.2, 0.25) is 0 Å². The van der Waals surface area contributed by atoms with Gasteiger partial charge in [0.15, 0.2) is 5.69 Å². The average Bonchev–Trinajstić information content (AvgIpc) is 2.66. The molecule has 1 aromatic rings. The second-order valence-electron chi connectivity index (χ2n) is 4.24. The van der Waals surface area contributed by atoms with Crippen molar-refractivity contribution in [3.8, 4) is 0 Å². The Labute approximate surface area is 101 Å². The van der Waals surface area contributed by atoms with E-state index in [1.54, 1.807) is 10.9 Å². The summed E-state index contributed by atoms with van der Waals surface area (Å²) in [7, 11) is 3.35. The molecule has 0 radical (unpaired) electrons. The van der Waals surface area contributed by atoms with Gasteiger partial charge in [-0.3, -0.25) is 0 Å². The van der Waals surface area contributed by atoms with Gasteiger partial charge in [0, 0.05) is 19.1 Å². The molecule has 0 amide bonds. The third-order valence-corrected chi connectivity index (χ3v) is 2.83. The molecule has 96 valence electrons. The van der Waals surface area contributed by atoms with Crippen LogP contribution in [0.25, 0.3) is 0 Å². The molecule has 0 aliphatic rings. The Hall–Kier alpha value is -1.56. The fraction of sp³-hybridized carbons (Fsp3) is 0.636. The van der Waals surface area contributed by atoms with Crippen LogP contribution in [0.4, 0.5) is 5.82 Å². The monoisotopic (exact) mass is 240 g/mol. The van der Waals surface area contributed by atoms with Gasteiger partial charge in [0.25, 0.3) is 0 Å². The molecule has 0 saturated carbocycles. The van der Waals surface area contributed by atoms with E-state index in [-0.39, 0.29) is 5.69 Å². The molecule has 0 aromatic carbocycles. The van der Waals surface area contributed by atoms with Crippen molar-refractivity contribution in [2.24, 2.45) is 0 Å². The molecule has 6 heteroatoms. The van der Waals surface area contributed by atoms with Gasteiger partial charge < -0.3 is 19.9 Å². The Balaban J connectivity index is 2.67. The number of aromatic nitrogens is 2. The van der Waals surface area contributed by atoms with E-state index in [9.17, 15) is 4.79 Å². The predicted octanol–water partition coefficient (Wildman–Crippen LogP) is 0.592. The SMILES string of the molecule is COC(=O)c1ncn(CCN(C)C(C)C)c1N. The van der Waals surface area contributed by atoms with Crippen LogP contribution in [0.1, 0.15) is 24.3 Å². The Morgan fingerprint density at radius 2 is 2.29 bits per heavy atom. The number of ether oxygens (including phenoxy) is 1. The van der Waals surface area contributed by atoms with E-state index < -0.39 is 5.97 Å². The normalized spacial score (nSPS) is 11.2. The van der Waals surface area contributed by atoms with Crippen LogP contribution in [0, 0.1) is 0 Å². The maximum atomic E-state index is 11.3. The number of rotatable bonds is 5. The highest BCUT2D eigenvalue weighted by molar-refractivity contribution is 5.91. The molecule has 0 saturated heterocycles. The molecule has 6 nitrogen and oxygen atoms in total. The first-order valence-corrected chi connectivity index (χ1v) is 5.56. The lowest BCUT2D eigenvalue weighted by Crippen LogP contribution is -2.29. The molecule has 0 atom stereocenters. The Bertz CT molecular complexity index is 387. The van der Waals surface area contributed by atoms with Gasteiger partial charge in [0.05, 0.1) is 13.4 Å². The molecule has 0 aliphatic carbocycles. The summed E-state index contributed by atoms with van der Waals surface area (Å²) >= 11 is 0. The second kappa shape index (κ2) is 5.67. The third-order valence-electron chi connectivity index (χ3n) is 2.83. The van der Waals surface area contributed by atoms with E-state index in [2.05, 4.69) is 28.5 Å². The lowest BCUT2D eigenvalue weighted by Gasteiger charge is -2.21. The van der Waals surface area contributed by atoms with E-state index >= 15 is 0 Å². The molecule has 1 aromatic heterocycles. The van der Waals surface area contributed by atoms with Gasteiger partial charge in [-0.05, 0) is 20.9 Å². The lowest BCUT2D eigenvalue weighted by molar-refractivity contribution is 0.0596. The summed E-state index contributed by atoms with van der Waals surface area (Å²) < 4.78 is 6.34. The van der Waals surface area contributed by atoms with E-state index in [4.69, 9.17) is 5.73 Å². The molecule has 17 heavy (non-hydrogen) atoms. The van der Waals surface area contributed by atoms with E-state index in [0.717, 1.165) is 6.54 Å². The summed E-state index contributed by atoms with van der Waals surface area (Å²) in [5.74, 6) is -0.146. The molecule has 0 bridgehead atoms. The highest BCUT2D eigenvalue weighted by atomic mass is 16.5. The number of anilines is 1. The summed E-state index contributed by atoms with van der Waals surface area (Å²) in [4.78, 5) is 17.5. The average molecular weight is 240 g/mol. The maximum absolute atomic E-state index is 11.3. The van der Waals surface area contributed by atoms with Gasteiger partial charge >= 0.3 is 5.97 Å². The van der Waals surface area contributed by atoms with Crippen molar-refractivity contribution in [3.63, 3.8) is 0 Å². The first-order chi connectivity index (χ1) is 7.97. The van der Waals surface area contributed by atoms with E-state index in [1.807, 2.05) is 7.05 Å². The minimum absolute atomic E-state index is 0.180. The van der Waals surface area contributed by atoms with Crippen LogP contribution in [-0.4, -0.2) is 47.2 Å². The van der Waals surface area contributed by atoms with Crippen molar-refractivity contribution in [3.05, 3.63) is 12.0 Å². The maximum Gasteiger partial charge on any atom is 0.360 e. The molecule has 0 aliphatic heterocycles. The zero-order valence-electron chi connectivity index (χ0n) is 10.8. The number of carbonyl (C=O) groups excluding carboxylic acids is 1. The molecule has 0 fully saturated rings. The van der Waals surface area contributed by atoms with Crippen LogP contribution in [0.15, 0.2) is 6.33 Å². The third kappa shape index (κ3) is 3.20. The number of hydrogen-bond acceptors (Lipinski definition) is 5. The molecule has 0 spiro atoms. The van der Waals surface area contributed by atoms with Crippen LogP contribution < -0.4 is 5.73 Å². The summed E-state index contributed by atoms with van der Waals surface area (Å²) in [6, 6.07) is 0.472. The highest BCUT2D eigenvalue weighted by Gasteiger charge is 2.16.